The summed E-state index contributed by atoms with van der Waals surface area (Å²) in [6, 6.07) is 3.92. The molecule has 16 heavy (non-hydrogen) atoms. The van der Waals surface area contributed by atoms with E-state index in [-0.39, 0.29) is 0 Å². The van der Waals surface area contributed by atoms with Gasteiger partial charge < -0.3 is 4.90 Å². The Labute approximate surface area is 103 Å². The molecule has 88 valence electrons. The van der Waals surface area contributed by atoms with Crippen molar-refractivity contribution in [2.75, 3.05) is 13.6 Å². The van der Waals surface area contributed by atoms with Crippen LogP contribution < -0.4 is 0 Å². The Balaban J connectivity index is 1.81. The minimum atomic E-state index is 0.571. The van der Waals surface area contributed by atoms with Gasteiger partial charge in [-0.25, -0.2) is 4.98 Å². The van der Waals surface area contributed by atoms with Gasteiger partial charge in [0.25, 0.3) is 0 Å². The van der Waals surface area contributed by atoms with Crippen LogP contribution in [0, 0.1) is 5.92 Å². The van der Waals surface area contributed by atoms with Crippen LogP contribution in [0.15, 0.2) is 18.3 Å². The van der Waals surface area contributed by atoms with Crippen molar-refractivity contribution >= 4 is 11.6 Å². The normalized spacial score (nSPS) is 17.2. The standard InChI is InChI=1S/C13H19ClN2/c1-16(9-11-4-2-3-5-11)10-12-6-7-13(14)15-8-12/h6-8,11H,2-5,9-10H2,1H3. The van der Waals surface area contributed by atoms with Crippen LogP contribution in [0.25, 0.3) is 0 Å². The molecule has 3 heteroatoms. The summed E-state index contributed by atoms with van der Waals surface area (Å²) in [5, 5.41) is 0.571. The van der Waals surface area contributed by atoms with Crippen LogP contribution in [-0.2, 0) is 6.54 Å². The van der Waals surface area contributed by atoms with E-state index in [0.717, 1.165) is 12.5 Å². The lowest BCUT2D eigenvalue weighted by Crippen LogP contribution is -2.24. The molecule has 2 rings (SSSR count). The summed E-state index contributed by atoms with van der Waals surface area (Å²) in [5.74, 6) is 0.908. The van der Waals surface area contributed by atoms with Crippen molar-refractivity contribution in [3.8, 4) is 0 Å². The van der Waals surface area contributed by atoms with E-state index in [1.165, 1.54) is 37.8 Å². The highest BCUT2D eigenvalue weighted by Gasteiger charge is 2.16. The van der Waals surface area contributed by atoms with Crippen LogP contribution in [0.1, 0.15) is 31.2 Å². The van der Waals surface area contributed by atoms with Crippen LogP contribution in [-0.4, -0.2) is 23.5 Å². The highest BCUT2D eigenvalue weighted by Crippen LogP contribution is 2.25. The molecule has 1 aliphatic carbocycles. The lowest BCUT2D eigenvalue weighted by Gasteiger charge is -2.20. The molecule has 0 atom stereocenters. The first kappa shape index (κ1) is 11.9. The summed E-state index contributed by atoms with van der Waals surface area (Å²) in [5.41, 5.74) is 1.24. The zero-order valence-corrected chi connectivity index (χ0v) is 10.6. The van der Waals surface area contributed by atoms with Gasteiger partial charge in [0, 0.05) is 19.3 Å². The van der Waals surface area contributed by atoms with Gasteiger partial charge in [-0.2, -0.15) is 0 Å². The lowest BCUT2D eigenvalue weighted by molar-refractivity contribution is 0.271. The lowest BCUT2D eigenvalue weighted by atomic mass is 10.1. The fraction of sp³-hybridized carbons (Fsp3) is 0.615. The topological polar surface area (TPSA) is 16.1 Å². The van der Waals surface area contributed by atoms with Crippen LogP contribution in [0.5, 0.6) is 0 Å². The van der Waals surface area contributed by atoms with Gasteiger partial charge in [-0.1, -0.05) is 30.5 Å². The zero-order chi connectivity index (χ0) is 11.4. The molecule has 1 fully saturated rings. The molecule has 0 unspecified atom stereocenters. The van der Waals surface area contributed by atoms with E-state index < -0.39 is 0 Å². The number of aromatic nitrogens is 1. The van der Waals surface area contributed by atoms with Crippen molar-refractivity contribution in [2.45, 2.75) is 32.2 Å². The Bertz CT molecular complexity index is 317. The van der Waals surface area contributed by atoms with Crippen molar-refractivity contribution in [1.29, 1.82) is 0 Å². The molecule has 0 radical (unpaired) electrons. The van der Waals surface area contributed by atoms with Gasteiger partial charge in [-0.15, -0.1) is 0 Å². The maximum Gasteiger partial charge on any atom is 0.129 e. The first-order valence-electron chi connectivity index (χ1n) is 6.03. The van der Waals surface area contributed by atoms with Gasteiger partial charge in [0.05, 0.1) is 0 Å². The van der Waals surface area contributed by atoms with Crippen LogP contribution in [0.2, 0.25) is 5.15 Å². The predicted molar refractivity (Wildman–Crippen MR) is 67.5 cm³/mol. The third-order valence-electron chi connectivity index (χ3n) is 3.29. The van der Waals surface area contributed by atoms with Crippen LogP contribution in [0.4, 0.5) is 0 Å². The number of hydrogen-bond donors (Lipinski definition) is 0. The van der Waals surface area contributed by atoms with E-state index in [0.29, 0.717) is 5.15 Å². The number of nitrogens with zero attached hydrogens (tertiary/aromatic N) is 2. The van der Waals surface area contributed by atoms with Crippen LogP contribution >= 0.6 is 11.6 Å². The maximum atomic E-state index is 5.76. The number of pyridine rings is 1. The molecule has 0 aromatic carbocycles. The highest BCUT2D eigenvalue weighted by atomic mass is 35.5. The Morgan fingerprint density at radius 1 is 1.38 bits per heavy atom. The van der Waals surface area contributed by atoms with E-state index >= 15 is 0 Å². The summed E-state index contributed by atoms with van der Waals surface area (Å²) in [6.45, 7) is 2.18. The molecule has 0 amide bonds. The summed E-state index contributed by atoms with van der Waals surface area (Å²) < 4.78 is 0. The average Bonchev–Trinajstić information content (AvgIpc) is 2.74. The average molecular weight is 239 g/mol. The Hall–Kier alpha value is -0.600. The van der Waals surface area contributed by atoms with Gasteiger partial charge in [-0.3, -0.25) is 0 Å². The van der Waals surface area contributed by atoms with E-state index in [4.69, 9.17) is 11.6 Å². The molecule has 0 aliphatic heterocycles. The zero-order valence-electron chi connectivity index (χ0n) is 9.82. The highest BCUT2D eigenvalue weighted by molar-refractivity contribution is 6.29. The van der Waals surface area contributed by atoms with E-state index in [2.05, 4.69) is 23.0 Å². The van der Waals surface area contributed by atoms with Gasteiger partial charge in [-0.05, 0) is 37.4 Å². The molecule has 0 bridgehead atoms. The third-order valence-corrected chi connectivity index (χ3v) is 3.51. The van der Waals surface area contributed by atoms with Crippen LogP contribution in [0.3, 0.4) is 0 Å². The molecule has 0 spiro atoms. The van der Waals surface area contributed by atoms with Gasteiger partial charge in [0.2, 0.25) is 0 Å². The van der Waals surface area contributed by atoms with E-state index in [1.54, 1.807) is 0 Å². The maximum absolute atomic E-state index is 5.76. The van der Waals surface area contributed by atoms with Gasteiger partial charge in [0.1, 0.15) is 5.15 Å². The molecular weight excluding hydrogens is 220 g/mol. The molecule has 0 N–H and O–H groups in total. The largest absolute Gasteiger partial charge is 0.302 e. The Morgan fingerprint density at radius 3 is 2.75 bits per heavy atom. The molecule has 1 aromatic heterocycles. The fourth-order valence-electron chi connectivity index (χ4n) is 2.51. The van der Waals surface area contributed by atoms with Gasteiger partial charge >= 0.3 is 0 Å². The molecule has 0 saturated heterocycles. The van der Waals surface area contributed by atoms with Crippen molar-refractivity contribution in [3.05, 3.63) is 29.0 Å². The SMILES string of the molecule is CN(Cc1ccc(Cl)nc1)CC1CCCC1. The minimum Gasteiger partial charge on any atom is -0.302 e. The second-order valence-electron chi connectivity index (χ2n) is 4.84. The number of halogens is 1. The summed E-state index contributed by atoms with van der Waals surface area (Å²) in [4.78, 5) is 6.49. The molecule has 1 heterocycles. The molecule has 1 saturated carbocycles. The minimum absolute atomic E-state index is 0.571. The smallest absolute Gasteiger partial charge is 0.129 e. The summed E-state index contributed by atoms with van der Waals surface area (Å²) >= 11 is 5.76. The van der Waals surface area contributed by atoms with Gasteiger partial charge in [0.15, 0.2) is 0 Å². The van der Waals surface area contributed by atoms with Crippen molar-refractivity contribution in [1.82, 2.24) is 9.88 Å². The van der Waals surface area contributed by atoms with Crippen molar-refractivity contribution < 1.29 is 0 Å². The predicted octanol–water partition coefficient (Wildman–Crippen LogP) is 3.36. The monoisotopic (exact) mass is 238 g/mol. The Kier molecular flexibility index (Phi) is 4.19. The summed E-state index contributed by atoms with van der Waals surface area (Å²) in [6.07, 6.45) is 7.52. The quantitative estimate of drug-likeness (QED) is 0.748. The first-order valence-corrected chi connectivity index (χ1v) is 6.41. The Morgan fingerprint density at radius 2 is 2.12 bits per heavy atom. The number of rotatable bonds is 4. The van der Waals surface area contributed by atoms with E-state index in [9.17, 15) is 0 Å². The molecule has 2 nitrogen and oxygen atoms in total. The summed E-state index contributed by atoms with van der Waals surface area (Å²) in [7, 11) is 2.19. The first-order chi connectivity index (χ1) is 7.74. The second-order valence-corrected chi connectivity index (χ2v) is 5.22. The third kappa shape index (κ3) is 3.46. The number of hydrogen-bond acceptors (Lipinski definition) is 2. The van der Waals surface area contributed by atoms with Crippen molar-refractivity contribution in [2.24, 2.45) is 5.92 Å². The van der Waals surface area contributed by atoms with E-state index in [1.807, 2.05) is 12.3 Å². The van der Waals surface area contributed by atoms with Crippen molar-refractivity contribution in [3.63, 3.8) is 0 Å². The molecule has 1 aromatic rings. The fourth-order valence-corrected chi connectivity index (χ4v) is 2.62. The molecular formula is C13H19ClN2. The molecule has 1 aliphatic rings. The second kappa shape index (κ2) is 5.65.